The molecule has 1 atom stereocenters. The number of amides is 3. The Balaban J connectivity index is 1.52. The number of anilines is 2. The van der Waals surface area contributed by atoms with Crippen molar-refractivity contribution in [2.45, 2.75) is 19.0 Å². The summed E-state index contributed by atoms with van der Waals surface area (Å²) in [7, 11) is 5.17. The van der Waals surface area contributed by atoms with Crippen LogP contribution in [0.15, 0.2) is 59.5 Å². The molecule has 188 valence electrons. The fourth-order valence-corrected chi connectivity index (χ4v) is 3.27. The van der Waals surface area contributed by atoms with Gasteiger partial charge in [-0.1, -0.05) is 12.1 Å². The number of methoxy groups -OCH3 is 1. The average molecular weight is 493 g/mol. The molecule has 0 aliphatic rings. The summed E-state index contributed by atoms with van der Waals surface area (Å²) in [6.45, 7) is 0.319. The van der Waals surface area contributed by atoms with E-state index in [-0.39, 0.29) is 25.6 Å². The third-order valence-electron chi connectivity index (χ3n) is 5.24. The molecule has 3 aromatic rings. The summed E-state index contributed by atoms with van der Waals surface area (Å²) in [6, 6.07) is 13.7. The van der Waals surface area contributed by atoms with E-state index >= 15 is 0 Å². The van der Waals surface area contributed by atoms with E-state index < -0.39 is 12.1 Å². The van der Waals surface area contributed by atoms with E-state index in [4.69, 9.17) is 19.2 Å². The van der Waals surface area contributed by atoms with Crippen LogP contribution in [0.5, 0.6) is 5.75 Å². The van der Waals surface area contributed by atoms with Crippen LogP contribution in [0, 0.1) is 11.3 Å². The van der Waals surface area contributed by atoms with Crippen LogP contribution in [0.2, 0.25) is 0 Å². The molecule has 0 saturated heterocycles. The Kier molecular flexibility index (Phi) is 9.25. The van der Waals surface area contributed by atoms with Crippen LogP contribution in [-0.2, 0) is 11.3 Å². The molecule has 11 heteroatoms. The van der Waals surface area contributed by atoms with Crippen molar-refractivity contribution in [1.29, 1.82) is 5.26 Å². The van der Waals surface area contributed by atoms with Crippen molar-refractivity contribution in [2.24, 2.45) is 0 Å². The zero-order chi connectivity index (χ0) is 25.9. The second kappa shape index (κ2) is 12.8. The van der Waals surface area contributed by atoms with Crippen LogP contribution in [-0.4, -0.2) is 55.9 Å². The first kappa shape index (κ1) is 26.1. The highest BCUT2D eigenvalue weighted by atomic mass is 16.5. The van der Waals surface area contributed by atoms with Crippen LogP contribution in [0.1, 0.15) is 12.0 Å². The lowest BCUT2D eigenvalue weighted by Crippen LogP contribution is -2.35. The SMILES string of the molecule is COc1cc(NC(=O)Nc2cccc(CNC(=O)OC[C@@H](CC#N)N(C)C)c2)ccc1-c1cnco1. The van der Waals surface area contributed by atoms with Crippen LogP contribution in [0.4, 0.5) is 21.0 Å². The molecule has 0 bridgehead atoms. The molecule has 1 aromatic heterocycles. The standard InChI is InChI=1S/C25H28N6O5/c1-31(2)20(9-10-26)15-35-25(33)28-13-17-5-4-6-18(11-17)29-24(32)30-19-7-8-21(22(12-19)34-3)23-14-27-16-36-23/h4-8,11-12,14,16,20H,9,13,15H2,1-3H3,(H,28,33)(H2,29,30,32)/t20-/m1/s1. The average Bonchev–Trinajstić information content (AvgIpc) is 3.40. The molecule has 11 nitrogen and oxygen atoms in total. The van der Waals surface area contributed by atoms with Crippen molar-refractivity contribution in [1.82, 2.24) is 15.2 Å². The van der Waals surface area contributed by atoms with Crippen molar-refractivity contribution in [3.63, 3.8) is 0 Å². The molecule has 3 N–H and O–H groups in total. The number of oxazole rings is 1. The molecule has 0 saturated carbocycles. The third kappa shape index (κ3) is 7.48. The fraction of sp³-hybridized carbons (Fsp3) is 0.280. The summed E-state index contributed by atoms with van der Waals surface area (Å²) in [5.74, 6) is 1.07. The quantitative estimate of drug-likeness (QED) is 0.385. The molecule has 1 heterocycles. The largest absolute Gasteiger partial charge is 0.496 e. The molecule has 0 aliphatic carbocycles. The van der Waals surface area contributed by atoms with Gasteiger partial charge >= 0.3 is 12.1 Å². The number of benzene rings is 2. The van der Waals surface area contributed by atoms with E-state index in [0.717, 1.165) is 5.56 Å². The first-order valence-corrected chi connectivity index (χ1v) is 11.1. The van der Waals surface area contributed by atoms with Crippen LogP contribution >= 0.6 is 0 Å². The lowest BCUT2D eigenvalue weighted by molar-refractivity contribution is 0.111. The van der Waals surface area contributed by atoms with Gasteiger partial charge in [0.05, 0.1) is 37.4 Å². The van der Waals surface area contributed by atoms with Crippen molar-refractivity contribution in [3.8, 4) is 23.1 Å². The summed E-state index contributed by atoms with van der Waals surface area (Å²) >= 11 is 0. The summed E-state index contributed by atoms with van der Waals surface area (Å²) in [5, 5.41) is 17.1. The van der Waals surface area contributed by atoms with Gasteiger partial charge in [-0.05, 0) is 43.9 Å². The number of nitrogens with one attached hydrogen (secondary N) is 3. The smallest absolute Gasteiger partial charge is 0.407 e. The number of nitriles is 1. The number of likely N-dealkylation sites (N-methyl/N-ethyl adjacent to an activating group) is 1. The van der Waals surface area contributed by atoms with Gasteiger partial charge in [-0.15, -0.1) is 0 Å². The Hall–Kier alpha value is -4.56. The number of ether oxygens (including phenoxy) is 2. The molecule has 0 fully saturated rings. The molecule has 0 spiro atoms. The Morgan fingerprint density at radius 2 is 1.94 bits per heavy atom. The summed E-state index contributed by atoms with van der Waals surface area (Å²) in [6.07, 6.45) is 2.58. The summed E-state index contributed by atoms with van der Waals surface area (Å²) in [5.41, 5.74) is 2.55. The maximum atomic E-state index is 12.5. The lowest BCUT2D eigenvalue weighted by Gasteiger charge is -2.21. The zero-order valence-electron chi connectivity index (χ0n) is 20.3. The molecule has 0 radical (unpaired) electrons. The molecule has 0 aliphatic heterocycles. The number of carbonyl (C=O) groups is 2. The monoisotopic (exact) mass is 492 g/mol. The van der Waals surface area contributed by atoms with Crippen LogP contribution < -0.4 is 20.7 Å². The van der Waals surface area contributed by atoms with E-state index in [1.807, 2.05) is 25.1 Å². The van der Waals surface area contributed by atoms with Crippen molar-refractivity contribution < 1.29 is 23.5 Å². The predicted octanol–water partition coefficient (Wildman–Crippen LogP) is 4.06. The van der Waals surface area contributed by atoms with E-state index in [2.05, 4.69) is 27.0 Å². The zero-order valence-corrected chi connectivity index (χ0v) is 20.3. The Morgan fingerprint density at radius 1 is 1.17 bits per heavy atom. The maximum absolute atomic E-state index is 12.5. The Morgan fingerprint density at radius 3 is 2.61 bits per heavy atom. The highest BCUT2D eigenvalue weighted by Gasteiger charge is 2.14. The number of aromatic nitrogens is 1. The highest BCUT2D eigenvalue weighted by Crippen LogP contribution is 2.32. The van der Waals surface area contributed by atoms with E-state index in [1.54, 1.807) is 42.6 Å². The minimum Gasteiger partial charge on any atom is -0.496 e. The third-order valence-corrected chi connectivity index (χ3v) is 5.24. The van der Waals surface area contributed by atoms with Gasteiger partial charge in [-0.3, -0.25) is 0 Å². The number of urea groups is 1. The van der Waals surface area contributed by atoms with Gasteiger partial charge in [0.1, 0.15) is 12.4 Å². The first-order valence-electron chi connectivity index (χ1n) is 11.1. The number of hydrogen-bond donors (Lipinski definition) is 3. The maximum Gasteiger partial charge on any atom is 0.407 e. The van der Waals surface area contributed by atoms with Crippen molar-refractivity contribution in [3.05, 3.63) is 60.6 Å². The van der Waals surface area contributed by atoms with E-state index in [1.165, 1.54) is 13.5 Å². The molecular formula is C25H28N6O5. The highest BCUT2D eigenvalue weighted by molar-refractivity contribution is 6.00. The van der Waals surface area contributed by atoms with Crippen molar-refractivity contribution >= 4 is 23.5 Å². The number of carbonyl (C=O) groups excluding carboxylic acids is 2. The molecule has 0 unspecified atom stereocenters. The van der Waals surface area contributed by atoms with Gasteiger partial charge in [-0.25, -0.2) is 14.6 Å². The predicted molar refractivity (Wildman–Crippen MR) is 133 cm³/mol. The minimum absolute atomic E-state index is 0.109. The van der Waals surface area contributed by atoms with Gasteiger partial charge in [0.25, 0.3) is 0 Å². The molecule has 36 heavy (non-hydrogen) atoms. The van der Waals surface area contributed by atoms with Gasteiger partial charge < -0.3 is 34.7 Å². The lowest BCUT2D eigenvalue weighted by atomic mass is 10.1. The molecule has 3 amide bonds. The van der Waals surface area contributed by atoms with Gasteiger partial charge in [0.2, 0.25) is 0 Å². The van der Waals surface area contributed by atoms with E-state index in [9.17, 15) is 9.59 Å². The number of hydrogen-bond acceptors (Lipinski definition) is 8. The molecule has 3 rings (SSSR count). The van der Waals surface area contributed by atoms with Gasteiger partial charge in [-0.2, -0.15) is 5.26 Å². The van der Waals surface area contributed by atoms with Crippen LogP contribution in [0.25, 0.3) is 11.3 Å². The Bertz CT molecular complexity index is 1210. The Labute approximate surface area is 209 Å². The first-order chi connectivity index (χ1) is 17.4. The van der Waals surface area contributed by atoms with Gasteiger partial charge in [0.15, 0.2) is 12.2 Å². The number of nitrogens with zero attached hydrogens (tertiary/aromatic N) is 3. The molecular weight excluding hydrogens is 464 g/mol. The minimum atomic E-state index is -0.585. The van der Waals surface area contributed by atoms with Crippen LogP contribution in [0.3, 0.4) is 0 Å². The summed E-state index contributed by atoms with van der Waals surface area (Å²) < 4.78 is 15.9. The topological polar surface area (TPSA) is 142 Å². The number of rotatable bonds is 10. The van der Waals surface area contributed by atoms with Gasteiger partial charge in [0, 0.05) is 24.0 Å². The fourth-order valence-electron chi connectivity index (χ4n) is 3.27. The number of alkyl carbamates (subject to hydrolysis) is 1. The molecule has 2 aromatic carbocycles. The summed E-state index contributed by atoms with van der Waals surface area (Å²) in [4.78, 5) is 30.3. The van der Waals surface area contributed by atoms with E-state index in [0.29, 0.717) is 28.4 Å². The normalized spacial score (nSPS) is 11.3. The second-order valence-electron chi connectivity index (χ2n) is 7.99. The van der Waals surface area contributed by atoms with Crippen molar-refractivity contribution in [2.75, 3.05) is 38.4 Å². The second-order valence-corrected chi connectivity index (χ2v) is 7.99.